The number of aromatic nitrogens is 3. The van der Waals surface area contributed by atoms with Gasteiger partial charge in [-0.05, 0) is 25.0 Å². The Morgan fingerprint density at radius 3 is 3.00 bits per heavy atom. The number of hydrogen-bond acceptors (Lipinski definition) is 5. The fourth-order valence-corrected chi connectivity index (χ4v) is 2.22. The number of nitrogens with two attached hydrogens (primary N) is 1. The molecule has 0 unspecified atom stereocenters. The molecule has 102 valence electrons. The van der Waals surface area contributed by atoms with Gasteiger partial charge in [0.2, 0.25) is 0 Å². The minimum absolute atomic E-state index is 0.585. The highest BCUT2D eigenvalue weighted by Gasteiger charge is 2.30. The van der Waals surface area contributed by atoms with Gasteiger partial charge in [0.05, 0.1) is 25.0 Å². The molecule has 6 nitrogen and oxygen atoms in total. The zero-order valence-electron chi connectivity index (χ0n) is 10.9. The molecule has 0 amide bonds. The van der Waals surface area contributed by atoms with Gasteiger partial charge in [-0.1, -0.05) is 5.21 Å². The molecule has 2 heterocycles. The highest BCUT2D eigenvalue weighted by molar-refractivity contribution is 5.02. The summed E-state index contributed by atoms with van der Waals surface area (Å²) in [6.07, 6.45) is 6.22. The molecule has 0 saturated heterocycles. The van der Waals surface area contributed by atoms with E-state index < -0.39 is 0 Å². The third-order valence-corrected chi connectivity index (χ3v) is 3.31. The van der Waals surface area contributed by atoms with E-state index >= 15 is 0 Å². The van der Waals surface area contributed by atoms with Crippen molar-refractivity contribution in [3.05, 3.63) is 36.0 Å². The van der Waals surface area contributed by atoms with Crippen LogP contribution in [0.15, 0.2) is 29.0 Å². The molecular formula is C13H19N5O. The highest BCUT2D eigenvalue weighted by atomic mass is 16.3. The molecule has 0 bridgehead atoms. The van der Waals surface area contributed by atoms with E-state index in [1.165, 1.54) is 12.8 Å². The van der Waals surface area contributed by atoms with Gasteiger partial charge in [0, 0.05) is 25.3 Å². The van der Waals surface area contributed by atoms with Crippen molar-refractivity contribution < 1.29 is 4.42 Å². The first kappa shape index (κ1) is 12.4. The van der Waals surface area contributed by atoms with Gasteiger partial charge >= 0.3 is 0 Å². The fourth-order valence-electron chi connectivity index (χ4n) is 2.22. The maximum atomic E-state index is 5.51. The highest BCUT2D eigenvalue weighted by Crippen LogP contribution is 2.29. The maximum absolute atomic E-state index is 5.51. The molecule has 1 aliphatic rings. The first-order chi connectivity index (χ1) is 9.35. The zero-order chi connectivity index (χ0) is 13.1. The van der Waals surface area contributed by atoms with E-state index in [2.05, 4.69) is 15.2 Å². The van der Waals surface area contributed by atoms with Gasteiger partial charge in [-0.3, -0.25) is 9.58 Å². The van der Waals surface area contributed by atoms with E-state index in [0.29, 0.717) is 19.1 Å². The van der Waals surface area contributed by atoms with Crippen LogP contribution in [0, 0.1) is 0 Å². The maximum Gasteiger partial charge on any atom is 0.117 e. The number of nitrogens with zero attached hydrogens (tertiary/aromatic N) is 4. The van der Waals surface area contributed by atoms with Crippen LogP contribution >= 0.6 is 0 Å². The smallest absolute Gasteiger partial charge is 0.117 e. The van der Waals surface area contributed by atoms with Crippen LogP contribution in [0.25, 0.3) is 0 Å². The van der Waals surface area contributed by atoms with Crippen molar-refractivity contribution in [1.29, 1.82) is 0 Å². The van der Waals surface area contributed by atoms with Crippen LogP contribution < -0.4 is 5.73 Å². The average Bonchev–Trinajstić information content (AvgIpc) is 2.95. The van der Waals surface area contributed by atoms with E-state index in [-0.39, 0.29) is 0 Å². The summed E-state index contributed by atoms with van der Waals surface area (Å²) in [5.41, 5.74) is 6.50. The average molecular weight is 261 g/mol. The van der Waals surface area contributed by atoms with Crippen molar-refractivity contribution in [3.63, 3.8) is 0 Å². The van der Waals surface area contributed by atoms with Gasteiger partial charge in [0.1, 0.15) is 5.76 Å². The van der Waals surface area contributed by atoms with E-state index in [9.17, 15) is 0 Å². The third-order valence-electron chi connectivity index (χ3n) is 3.31. The van der Waals surface area contributed by atoms with Gasteiger partial charge in [-0.25, -0.2) is 0 Å². The standard InChI is InChI=1S/C13H19N5O/c14-5-6-18-9-11(15-16-18)8-17(12-3-4-12)10-13-2-1-7-19-13/h1-2,7,9,12H,3-6,8,10,14H2. The molecule has 19 heavy (non-hydrogen) atoms. The first-order valence-corrected chi connectivity index (χ1v) is 6.70. The molecule has 1 fully saturated rings. The summed E-state index contributed by atoms with van der Waals surface area (Å²) < 4.78 is 7.22. The lowest BCUT2D eigenvalue weighted by Gasteiger charge is -2.19. The Bertz CT molecular complexity index is 503. The molecule has 3 rings (SSSR count). The Kier molecular flexibility index (Phi) is 3.61. The summed E-state index contributed by atoms with van der Waals surface area (Å²) in [4.78, 5) is 2.40. The minimum atomic E-state index is 0.585. The van der Waals surface area contributed by atoms with E-state index in [0.717, 1.165) is 24.5 Å². The lowest BCUT2D eigenvalue weighted by atomic mass is 10.3. The summed E-state index contributed by atoms with van der Waals surface area (Å²) in [6, 6.07) is 4.60. The summed E-state index contributed by atoms with van der Waals surface area (Å²) in [5, 5.41) is 8.27. The van der Waals surface area contributed by atoms with E-state index in [4.69, 9.17) is 10.2 Å². The number of rotatable bonds is 7. The predicted molar refractivity (Wildman–Crippen MR) is 70.1 cm³/mol. The molecule has 0 atom stereocenters. The Labute approximate surface area is 112 Å². The van der Waals surface area contributed by atoms with Crippen molar-refractivity contribution in [2.24, 2.45) is 5.73 Å². The monoisotopic (exact) mass is 261 g/mol. The van der Waals surface area contributed by atoms with Crippen LogP contribution in [0.3, 0.4) is 0 Å². The molecule has 0 aliphatic heterocycles. The molecule has 0 spiro atoms. The number of furan rings is 1. The van der Waals surface area contributed by atoms with Crippen LogP contribution in [0.4, 0.5) is 0 Å². The lowest BCUT2D eigenvalue weighted by Crippen LogP contribution is -2.25. The second-order valence-electron chi connectivity index (χ2n) is 4.98. The van der Waals surface area contributed by atoms with Gasteiger partial charge in [0.15, 0.2) is 0 Å². The molecule has 2 aromatic heterocycles. The molecule has 0 radical (unpaired) electrons. The van der Waals surface area contributed by atoms with Gasteiger partial charge in [-0.15, -0.1) is 5.10 Å². The molecule has 6 heteroatoms. The summed E-state index contributed by atoms with van der Waals surface area (Å²) in [7, 11) is 0. The second-order valence-corrected chi connectivity index (χ2v) is 4.98. The van der Waals surface area contributed by atoms with Gasteiger partial charge in [-0.2, -0.15) is 0 Å². The van der Waals surface area contributed by atoms with Crippen molar-refractivity contribution in [3.8, 4) is 0 Å². The zero-order valence-corrected chi connectivity index (χ0v) is 10.9. The van der Waals surface area contributed by atoms with Crippen molar-refractivity contribution >= 4 is 0 Å². The molecule has 1 saturated carbocycles. The first-order valence-electron chi connectivity index (χ1n) is 6.70. The largest absolute Gasteiger partial charge is 0.468 e. The van der Waals surface area contributed by atoms with Crippen LogP contribution in [0.5, 0.6) is 0 Å². The predicted octanol–water partition coefficient (Wildman–Crippen LogP) is 0.994. The Morgan fingerprint density at radius 1 is 1.42 bits per heavy atom. The Hall–Kier alpha value is -1.66. The minimum Gasteiger partial charge on any atom is -0.468 e. The van der Waals surface area contributed by atoms with Crippen LogP contribution in [-0.2, 0) is 19.6 Å². The van der Waals surface area contributed by atoms with Gasteiger partial charge < -0.3 is 10.2 Å². The summed E-state index contributed by atoms with van der Waals surface area (Å²) >= 11 is 0. The molecule has 0 aromatic carbocycles. The lowest BCUT2D eigenvalue weighted by molar-refractivity contribution is 0.222. The van der Waals surface area contributed by atoms with Gasteiger partial charge in [0.25, 0.3) is 0 Å². The van der Waals surface area contributed by atoms with Crippen molar-refractivity contribution in [2.45, 2.75) is 38.5 Å². The molecular weight excluding hydrogens is 242 g/mol. The normalized spacial score (nSPS) is 15.3. The quantitative estimate of drug-likeness (QED) is 0.804. The Balaban J connectivity index is 1.63. The molecule has 2 aromatic rings. The van der Waals surface area contributed by atoms with E-state index in [1.54, 1.807) is 10.9 Å². The third kappa shape index (κ3) is 3.21. The molecule has 2 N–H and O–H groups in total. The van der Waals surface area contributed by atoms with Crippen LogP contribution in [0.1, 0.15) is 24.3 Å². The summed E-state index contributed by atoms with van der Waals surface area (Å²) in [5.74, 6) is 1.00. The summed E-state index contributed by atoms with van der Waals surface area (Å²) in [6.45, 7) is 2.95. The SMILES string of the molecule is NCCn1cc(CN(Cc2ccco2)C2CC2)nn1. The van der Waals surface area contributed by atoms with Crippen LogP contribution in [0.2, 0.25) is 0 Å². The van der Waals surface area contributed by atoms with Crippen LogP contribution in [-0.4, -0.2) is 32.5 Å². The second kappa shape index (κ2) is 5.54. The molecule has 1 aliphatic carbocycles. The van der Waals surface area contributed by atoms with Crippen molar-refractivity contribution in [1.82, 2.24) is 19.9 Å². The van der Waals surface area contributed by atoms with Crippen molar-refractivity contribution in [2.75, 3.05) is 6.54 Å². The Morgan fingerprint density at radius 2 is 2.32 bits per heavy atom. The topological polar surface area (TPSA) is 73.1 Å². The fraction of sp³-hybridized carbons (Fsp3) is 0.538. The van der Waals surface area contributed by atoms with E-state index in [1.807, 2.05) is 18.3 Å². The number of hydrogen-bond donors (Lipinski definition) is 1.